The Morgan fingerprint density at radius 3 is 2.58 bits per heavy atom. The van der Waals surface area contributed by atoms with Crippen molar-refractivity contribution in [1.82, 2.24) is 19.8 Å². The lowest BCUT2D eigenvalue weighted by Crippen LogP contribution is -2.49. The van der Waals surface area contributed by atoms with E-state index < -0.39 is 11.7 Å². The molecular formula is C21H33N5O4S. The fourth-order valence-corrected chi connectivity index (χ4v) is 4.48. The third kappa shape index (κ3) is 6.38. The van der Waals surface area contributed by atoms with Crippen molar-refractivity contribution in [3.63, 3.8) is 0 Å². The topological polar surface area (TPSA) is 99.1 Å². The molecule has 1 aromatic heterocycles. The fraction of sp³-hybridized carbons (Fsp3) is 0.714. The largest absolute Gasteiger partial charge is 0.465 e. The molecule has 3 heterocycles. The molecule has 0 bridgehead atoms. The van der Waals surface area contributed by atoms with Gasteiger partial charge in [-0.05, 0) is 58.3 Å². The maximum absolute atomic E-state index is 12.3. The van der Waals surface area contributed by atoms with Gasteiger partial charge in [-0.15, -0.1) is 11.8 Å². The minimum atomic E-state index is -0.894. The van der Waals surface area contributed by atoms with Crippen molar-refractivity contribution in [2.24, 2.45) is 5.92 Å². The van der Waals surface area contributed by atoms with Crippen LogP contribution in [0.5, 0.6) is 0 Å². The second-order valence-corrected chi connectivity index (χ2v) is 9.96. The van der Waals surface area contributed by atoms with E-state index in [4.69, 9.17) is 4.74 Å². The number of anilines is 1. The third-order valence-corrected chi connectivity index (χ3v) is 6.30. The van der Waals surface area contributed by atoms with E-state index in [0.717, 1.165) is 37.4 Å². The summed E-state index contributed by atoms with van der Waals surface area (Å²) in [5, 5.41) is 10.8. The molecule has 1 aromatic rings. The van der Waals surface area contributed by atoms with Gasteiger partial charge in [0, 0.05) is 45.0 Å². The van der Waals surface area contributed by atoms with Gasteiger partial charge in [0.1, 0.15) is 10.6 Å². The summed E-state index contributed by atoms with van der Waals surface area (Å²) in [5.41, 5.74) is -0.532. The van der Waals surface area contributed by atoms with Crippen molar-refractivity contribution in [3.05, 3.63) is 12.3 Å². The number of carboxylic acid groups (broad SMARTS) is 1. The molecule has 0 saturated carbocycles. The molecule has 1 N–H and O–H groups in total. The summed E-state index contributed by atoms with van der Waals surface area (Å²) >= 11 is 1.58. The molecule has 3 rings (SSSR count). The SMILES string of the molecule is CSc1ccnc(N2CCC(N(C[C@H]3CCN(C(=O)OC(C)(C)C)C3)C(=O)O)CC2)n1. The molecule has 10 heteroatoms. The highest BCUT2D eigenvalue weighted by Crippen LogP contribution is 2.25. The standard InChI is InChI=1S/C21H33N5O4S/c1-21(2,3)30-20(29)25-10-6-15(13-25)14-26(19(27)28)16-7-11-24(12-8-16)18-22-9-5-17(23-18)31-4/h5,9,15-16H,6-8,10-14H2,1-4H3,(H,27,28)/t15-/m0/s1. The van der Waals surface area contributed by atoms with Crippen LogP contribution in [0.25, 0.3) is 0 Å². The number of rotatable bonds is 5. The first-order valence-electron chi connectivity index (χ1n) is 10.8. The maximum atomic E-state index is 12.3. The van der Waals surface area contributed by atoms with Crippen molar-refractivity contribution in [2.75, 3.05) is 43.9 Å². The molecule has 31 heavy (non-hydrogen) atoms. The number of nitrogens with zero attached hydrogens (tertiary/aromatic N) is 5. The van der Waals surface area contributed by atoms with Gasteiger partial charge in [-0.1, -0.05) is 0 Å². The minimum absolute atomic E-state index is 0.0342. The lowest BCUT2D eigenvalue weighted by molar-refractivity contribution is 0.0284. The molecule has 2 fully saturated rings. The molecule has 2 amide bonds. The first-order chi connectivity index (χ1) is 14.7. The molecule has 172 valence electrons. The molecule has 2 saturated heterocycles. The van der Waals surface area contributed by atoms with Gasteiger partial charge in [-0.3, -0.25) is 0 Å². The number of hydrogen-bond acceptors (Lipinski definition) is 7. The molecule has 2 aliphatic heterocycles. The highest BCUT2D eigenvalue weighted by atomic mass is 32.2. The number of aromatic nitrogens is 2. The van der Waals surface area contributed by atoms with E-state index in [9.17, 15) is 14.7 Å². The summed E-state index contributed by atoms with van der Waals surface area (Å²) < 4.78 is 5.45. The van der Waals surface area contributed by atoms with Crippen LogP contribution in [0, 0.1) is 5.92 Å². The predicted octanol–water partition coefficient (Wildman–Crippen LogP) is 3.40. The van der Waals surface area contributed by atoms with E-state index in [2.05, 4.69) is 14.9 Å². The van der Waals surface area contributed by atoms with E-state index in [1.165, 1.54) is 0 Å². The second kappa shape index (κ2) is 9.93. The van der Waals surface area contributed by atoms with Crippen LogP contribution < -0.4 is 4.90 Å². The third-order valence-electron chi connectivity index (χ3n) is 5.65. The van der Waals surface area contributed by atoms with Crippen LogP contribution in [0.4, 0.5) is 15.5 Å². The van der Waals surface area contributed by atoms with Crippen molar-refractivity contribution in [3.8, 4) is 0 Å². The number of carbonyl (C=O) groups is 2. The van der Waals surface area contributed by atoms with Gasteiger partial charge in [0.2, 0.25) is 5.95 Å². The van der Waals surface area contributed by atoms with Gasteiger partial charge in [-0.25, -0.2) is 19.6 Å². The summed E-state index contributed by atoms with van der Waals surface area (Å²) in [4.78, 5) is 38.6. The summed E-state index contributed by atoms with van der Waals surface area (Å²) in [5.74, 6) is 0.833. The van der Waals surface area contributed by atoms with Crippen molar-refractivity contribution >= 4 is 29.9 Å². The van der Waals surface area contributed by atoms with Crippen LogP contribution >= 0.6 is 11.8 Å². The van der Waals surface area contributed by atoms with Crippen molar-refractivity contribution in [2.45, 2.75) is 56.7 Å². The maximum Gasteiger partial charge on any atom is 0.410 e. The molecule has 0 aliphatic carbocycles. The Morgan fingerprint density at radius 1 is 1.26 bits per heavy atom. The molecule has 0 spiro atoms. The Bertz CT molecular complexity index is 779. The first-order valence-corrected chi connectivity index (χ1v) is 12.0. The number of carbonyl (C=O) groups excluding carboxylic acids is 1. The van der Waals surface area contributed by atoms with Gasteiger partial charge < -0.3 is 24.5 Å². The number of piperidine rings is 1. The average Bonchev–Trinajstić information content (AvgIpc) is 3.20. The molecule has 9 nitrogen and oxygen atoms in total. The molecule has 1 atom stereocenters. The molecule has 2 aliphatic rings. The number of likely N-dealkylation sites (tertiary alicyclic amines) is 1. The average molecular weight is 452 g/mol. The van der Waals surface area contributed by atoms with Crippen LogP contribution in [0.2, 0.25) is 0 Å². The number of hydrogen-bond donors (Lipinski definition) is 1. The van der Waals surface area contributed by atoms with Gasteiger partial charge in [0.05, 0.1) is 0 Å². The van der Waals surface area contributed by atoms with E-state index in [0.29, 0.717) is 25.6 Å². The molecule has 0 radical (unpaired) electrons. The normalized spacial score (nSPS) is 20.1. The van der Waals surface area contributed by atoms with Gasteiger partial charge in [-0.2, -0.15) is 0 Å². The van der Waals surface area contributed by atoms with Gasteiger partial charge in [0.15, 0.2) is 0 Å². The van der Waals surface area contributed by atoms with Crippen LogP contribution in [-0.4, -0.2) is 87.7 Å². The van der Waals surface area contributed by atoms with Crippen molar-refractivity contribution < 1.29 is 19.4 Å². The highest BCUT2D eigenvalue weighted by Gasteiger charge is 2.35. The van der Waals surface area contributed by atoms with Gasteiger partial charge >= 0.3 is 12.2 Å². The summed E-state index contributed by atoms with van der Waals surface area (Å²) in [7, 11) is 0. The highest BCUT2D eigenvalue weighted by molar-refractivity contribution is 7.98. The zero-order valence-corrected chi connectivity index (χ0v) is 19.6. The Balaban J connectivity index is 1.54. The zero-order valence-electron chi connectivity index (χ0n) is 18.8. The molecule has 0 unspecified atom stereocenters. The van der Waals surface area contributed by atoms with E-state index in [1.54, 1.807) is 27.8 Å². The molecule has 0 aromatic carbocycles. The summed E-state index contributed by atoms with van der Waals surface area (Å²) in [6, 6.07) is 1.85. The number of ether oxygens (including phenoxy) is 1. The first kappa shape index (κ1) is 23.4. The number of thioether (sulfide) groups is 1. The van der Waals surface area contributed by atoms with Crippen LogP contribution in [0.15, 0.2) is 17.3 Å². The quantitative estimate of drug-likeness (QED) is 0.537. The van der Waals surface area contributed by atoms with Crippen molar-refractivity contribution in [1.29, 1.82) is 0 Å². The smallest absolute Gasteiger partial charge is 0.410 e. The summed E-state index contributed by atoms with van der Waals surface area (Å²) in [6.07, 6.45) is 4.80. The minimum Gasteiger partial charge on any atom is -0.465 e. The number of amides is 2. The van der Waals surface area contributed by atoms with Crippen LogP contribution in [0.1, 0.15) is 40.0 Å². The van der Waals surface area contributed by atoms with Gasteiger partial charge in [0.25, 0.3) is 0 Å². The van der Waals surface area contributed by atoms with E-state index >= 15 is 0 Å². The Labute approximate surface area is 188 Å². The van der Waals surface area contributed by atoms with E-state index in [-0.39, 0.29) is 18.1 Å². The molecular weight excluding hydrogens is 418 g/mol. The van der Waals surface area contributed by atoms with E-state index in [1.807, 2.05) is 33.1 Å². The predicted molar refractivity (Wildman–Crippen MR) is 120 cm³/mol. The Morgan fingerprint density at radius 2 is 1.97 bits per heavy atom. The lowest BCUT2D eigenvalue weighted by atomic mass is 10.0. The van der Waals surface area contributed by atoms with Crippen LogP contribution in [0.3, 0.4) is 0 Å². The zero-order chi connectivity index (χ0) is 22.6. The lowest BCUT2D eigenvalue weighted by Gasteiger charge is -2.38. The Hall–Kier alpha value is -2.23. The fourth-order valence-electron chi connectivity index (χ4n) is 4.11. The second-order valence-electron chi connectivity index (χ2n) is 9.13. The van der Waals surface area contributed by atoms with Crippen LogP contribution in [-0.2, 0) is 4.74 Å². The monoisotopic (exact) mass is 451 g/mol. The summed E-state index contributed by atoms with van der Waals surface area (Å²) in [6.45, 7) is 8.57. The Kier molecular flexibility index (Phi) is 7.51.